The number of esters is 1. The molecule has 3 rings (SSSR count). The van der Waals surface area contributed by atoms with Gasteiger partial charge in [0.25, 0.3) is 5.91 Å². The zero-order chi connectivity index (χ0) is 19.4. The zero-order valence-corrected chi connectivity index (χ0v) is 16.5. The van der Waals surface area contributed by atoms with Gasteiger partial charge in [0.15, 0.2) is 6.61 Å². The molecule has 1 aliphatic rings. The maximum Gasteiger partial charge on any atom is 0.311 e. The molecular formula is C19H16BrClN2O4. The Bertz CT molecular complexity index is 872. The van der Waals surface area contributed by atoms with Crippen LogP contribution in [0, 0.1) is 5.92 Å². The largest absolute Gasteiger partial charge is 0.455 e. The van der Waals surface area contributed by atoms with E-state index in [2.05, 4.69) is 21.2 Å². The maximum atomic E-state index is 12.2. The number of benzene rings is 2. The zero-order valence-electron chi connectivity index (χ0n) is 14.2. The summed E-state index contributed by atoms with van der Waals surface area (Å²) in [4.78, 5) is 37.9. The van der Waals surface area contributed by atoms with E-state index in [1.807, 2.05) is 12.1 Å². The Morgan fingerprint density at radius 2 is 1.89 bits per heavy atom. The molecule has 0 radical (unpaired) electrons. The summed E-state index contributed by atoms with van der Waals surface area (Å²) in [6.07, 6.45) is 0.0566. The molecule has 27 heavy (non-hydrogen) atoms. The average Bonchev–Trinajstić information content (AvgIpc) is 3.04. The van der Waals surface area contributed by atoms with Crippen molar-refractivity contribution in [3.05, 3.63) is 58.0 Å². The molecular weight excluding hydrogens is 436 g/mol. The van der Waals surface area contributed by atoms with Crippen LogP contribution in [0.3, 0.4) is 0 Å². The minimum absolute atomic E-state index is 0.0566. The molecule has 2 aromatic rings. The molecule has 1 saturated heterocycles. The number of nitrogens with one attached hydrogen (secondary N) is 1. The fourth-order valence-electron chi connectivity index (χ4n) is 2.74. The standard InChI is InChI=1S/C19H16BrClN2O4/c20-13-5-7-14(8-6-13)23-10-12(9-18(23)25)19(26)27-11-17(24)22-16-4-2-1-3-15(16)21/h1-8,12H,9-11H2,(H,22,24)/t12-/m0/s1. The summed E-state index contributed by atoms with van der Waals surface area (Å²) in [6, 6.07) is 14.0. The van der Waals surface area contributed by atoms with Crippen molar-refractivity contribution in [1.29, 1.82) is 0 Å². The number of amides is 2. The molecule has 1 fully saturated rings. The predicted octanol–water partition coefficient (Wildman–Crippen LogP) is 3.64. The normalized spacial score (nSPS) is 16.3. The van der Waals surface area contributed by atoms with E-state index in [1.54, 1.807) is 41.3 Å². The van der Waals surface area contributed by atoms with E-state index in [4.69, 9.17) is 16.3 Å². The first-order chi connectivity index (χ1) is 12.9. The van der Waals surface area contributed by atoms with Gasteiger partial charge in [0.05, 0.1) is 16.6 Å². The van der Waals surface area contributed by atoms with Crippen LogP contribution in [-0.4, -0.2) is 30.9 Å². The third-order valence-corrected chi connectivity index (χ3v) is 4.95. The quantitative estimate of drug-likeness (QED) is 0.704. The van der Waals surface area contributed by atoms with Crippen molar-refractivity contribution in [2.24, 2.45) is 5.92 Å². The second-order valence-corrected chi connectivity index (χ2v) is 7.34. The van der Waals surface area contributed by atoms with Crippen molar-refractivity contribution < 1.29 is 19.1 Å². The molecule has 0 bridgehead atoms. The van der Waals surface area contributed by atoms with Crippen molar-refractivity contribution in [1.82, 2.24) is 0 Å². The molecule has 140 valence electrons. The SMILES string of the molecule is O=C(COC(=O)[C@H]1CC(=O)N(c2ccc(Br)cc2)C1)Nc1ccccc1Cl. The second kappa shape index (κ2) is 8.54. The van der Waals surface area contributed by atoms with E-state index < -0.39 is 24.4 Å². The van der Waals surface area contributed by atoms with Gasteiger partial charge in [0.1, 0.15) is 0 Å². The second-order valence-electron chi connectivity index (χ2n) is 6.02. The predicted molar refractivity (Wildman–Crippen MR) is 106 cm³/mol. The van der Waals surface area contributed by atoms with Gasteiger partial charge in [-0.15, -0.1) is 0 Å². The number of carbonyl (C=O) groups is 3. The molecule has 0 unspecified atom stereocenters. The summed E-state index contributed by atoms with van der Waals surface area (Å²) < 4.78 is 5.97. The first kappa shape index (κ1) is 19.4. The Labute approximate surface area is 169 Å². The summed E-state index contributed by atoms with van der Waals surface area (Å²) in [5.74, 6) is -1.82. The highest BCUT2D eigenvalue weighted by Gasteiger charge is 2.36. The lowest BCUT2D eigenvalue weighted by molar-refractivity contribution is -0.151. The monoisotopic (exact) mass is 450 g/mol. The van der Waals surface area contributed by atoms with Crippen LogP contribution in [0.15, 0.2) is 53.0 Å². The first-order valence-electron chi connectivity index (χ1n) is 8.21. The smallest absolute Gasteiger partial charge is 0.311 e. The highest BCUT2D eigenvalue weighted by Crippen LogP contribution is 2.27. The van der Waals surface area contributed by atoms with Crippen LogP contribution in [0.4, 0.5) is 11.4 Å². The van der Waals surface area contributed by atoms with Crippen LogP contribution in [-0.2, 0) is 19.1 Å². The molecule has 1 N–H and O–H groups in total. The number of rotatable bonds is 5. The minimum Gasteiger partial charge on any atom is -0.455 e. The number of halogens is 2. The average molecular weight is 452 g/mol. The number of nitrogens with zero attached hydrogens (tertiary/aromatic N) is 1. The Morgan fingerprint density at radius 1 is 1.19 bits per heavy atom. The van der Waals surface area contributed by atoms with Gasteiger partial charge in [-0.3, -0.25) is 14.4 Å². The summed E-state index contributed by atoms with van der Waals surface area (Å²) in [7, 11) is 0. The molecule has 0 spiro atoms. The van der Waals surface area contributed by atoms with Crippen molar-refractivity contribution in [2.45, 2.75) is 6.42 Å². The fraction of sp³-hybridized carbons (Fsp3) is 0.211. The molecule has 1 atom stereocenters. The van der Waals surface area contributed by atoms with E-state index in [1.165, 1.54) is 0 Å². The summed E-state index contributed by atoms with van der Waals surface area (Å²) >= 11 is 9.31. The Hall–Kier alpha value is -2.38. The Morgan fingerprint density at radius 3 is 2.59 bits per heavy atom. The van der Waals surface area contributed by atoms with Crippen LogP contribution < -0.4 is 10.2 Å². The van der Waals surface area contributed by atoms with Crippen LogP contribution in [0.5, 0.6) is 0 Å². The van der Waals surface area contributed by atoms with Crippen LogP contribution >= 0.6 is 27.5 Å². The van der Waals surface area contributed by atoms with Gasteiger partial charge in [-0.05, 0) is 36.4 Å². The summed E-state index contributed by atoms with van der Waals surface area (Å²) in [5.41, 5.74) is 1.16. The Kier molecular flexibility index (Phi) is 6.13. The molecule has 2 aromatic carbocycles. The van der Waals surface area contributed by atoms with Gasteiger partial charge in [-0.25, -0.2) is 0 Å². The lowest BCUT2D eigenvalue weighted by Gasteiger charge is -2.16. The highest BCUT2D eigenvalue weighted by atomic mass is 79.9. The van der Waals surface area contributed by atoms with Gasteiger partial charge in [0, 0.05) is 23.1 Å². The van der Waals surface area contributed by atoms with Crippen molar-refractivity contribution >= 4 is 56.7 Å². The van der Waals surface area contributed by atoms with Crippen LogP contribution in [0.25, 0.3) is 0 Å². The summed E-state index contributed by atoms with van der Waals surface area (Å²) in [6.45, 7) is -0.210. The van der Waals surface area contributed by atoms with E-state index in [9.17, 15) is 14.4 Å². The Balaban J connectivity index is 1.53. The van der Waals surface area contributed by atoms with Crippen LogP contribution in [0.1, 0.15) is 6.42 Å². The molecule has 0 saturated carbocycles. The number of ether oxygens (including phenoxy) is 1. The minimum atomic E-state index is -0.603. The molecule has 8 heteroatoms. The van der Waals surface area contributed by atoms with E-state index in [0.29, 0.717) is 10.7 Å². The van der Waals surface area contributed by atoms with Gasteiger partial charge in [-0.2, -0.15) is 0 Å². The molecule has 1 heterocycles. The molecule has 0 aromatic heterocycles. The third-order valence-electron chi connectivity index (χ3n) is 4.09. The highest BCUT2D eigenvalue weighted by molar-refractivity contribution is 9.10. The van der Waals surface area contributed by atoms with Gasteiger partial charge in [0.2, 0.25) is 5.91 Å². The molecule has 1 aliphatic heterocycles. The lowest BCUT2D eigenvalue weighted by Crippen LogP contribution is -2.28. The molecule has 6 nitrogen and oxygen atoms in total. The topological polar surface area (TPSA) is 75.7 Å². The van der Waals surface area contributed by atoms with Crippen LogP contribution in [0.2, 0.25) is 5.02 Å². The third kappa shape index (κ3) is 4.87. The lowest BCUT2D eigenvalue weighted by atomic mass is 10.1. The van der Waals surface area contributed by atoms with Gasteiger partial charge >= 0.3 is 5.97 Å². The van der Waals surface area contributed by atoms with Crippen molar-refractivity contribution in [3.8, 4) is 0 Å². The number of carbonyl (C=O) groups excluding carboxylic acids is 3. The fourth-order valence-corrected chi connectivity index (χ4v) is 3.19. The number of hydrogen-bond acceptors (Lipinski definition) is 4. The summed E-state index contributed by atoms with van der Waals surface area (Å²) in [5, 5.41) is 2.97. The maximum absolute atomic E-state index is 12.2. The van der Waals surface area contributed by atoms with Gasteiger partial charge < -0.3 is 15.0 Å². The van der Waals surface area contributed by atoms with Crippen molar-refractivity contribution in [3.63, 3.8) is 0 Å². The van der Waals surface area contributed by atoms with E-state index in [0.717, 1.165) is 10.2 Å². The molecule has 0 aliphatic carbocycles. The van der Waals surface area contributed by atoms with E-state index in [-0.39, 0.29) is 18.9 Å². The number of para-hydroxylation sites is 1. The first-order valence-corrected chi connectivity index (χ1v) is 9.38. The number of hydrogen-bond donors (Lipinski definition) is 1. The number of anilines is 2. The van der Waals surface area contributed by atoms with Gasteiger partial charge in [-0.1, -0.05) is 39.7 Å². The van der Waals surface area contributed by atoms with E-state index >= 15 is 0 Å². The molecule has 2 amide bonds. The van der Waals surface area contributed by atoms with Crippen molar-refractivity contribution in [2.75, 3.05) is 23.4 Å².